The first kappa shape index (κ1) is 14.5. The van der Waals surface area contributed by atoms with Gasteiger partial charge < -0.3 is 5.73 Å². The Balaban J connectivity index is 1.97. The third-order valence-electron chi connectivity index (χ3n) is 4.61. The molecule has 0 bridgehead atoms. The number of aryl methyl sites for hydroxylation is 1. The molecule has 1 aromatic rings. The van der Waals surface area contributed by atoms with Crippen molar-refractivity contribution >= 4 is 0 Å². The molecular formula is C15H28N4. The third kappa shape index (κ3) is 3.56. The summed E-state index contributed by atoms with van der Waals surface area (Å²) in [5.74, 6) is 2.70. The van der Waals surface area contributed by atoms with Gasteiger partial charge in [0.15, 0.2) is 0 Å². The molecule has 4 heteroatoms. The van der Waals surface area contributed by atoms with Crippen LogP contribution in [0.15, 0.2) is 6.33 Å². The Hall–Kier alpha value is -0.900. The van der Waals surface area contributed by atoms with Crippen LogP contribution in [0.3, 0.4) is 0 Å². The lowest BCUT2D eigenvalue weighted by Gasteiger charge is -2.38. The van der Waals surface area contributed by atoms with E-state index in [4.69, 9.17) is 5.73 Å². The Labute approximate surface area is 116 Å². The molecule has 1 fully saturated rings. The van der Waals surface area contributed by atoms with Gasteiger partial charge in [0, 0.05) is 18.5 Å². The molecule has 0 radical (unpaired) electrons. The van der Waals surface area contributed by atoms with Crippen LogP contribution in [0.4, 0.5) is 0 Å². The van der Waals surface area contributed by atoms with Crippen LogP contribution in [-0.4, -0.2) is 20.3 Å². The van der Waals surface area contributed by atoms with Crippen molar-refractivity contribution in [1.82, 2.24) is 14.8 Å². The lowest BCUT2D eigenvalue weighted by Crippen LogP contribution is -2.46. The smallest absolute Gasteiger partial charge is 0.138 e. The number of rotatable bonds is 5. The molecule has 108 valence electrons. The van der Waals surface area contributed by atoms with Crippen LogP contribution in [0.5, 0.6) is 0 Å². The van der Waals surface area contributed by atoms with Gasteiger partial charge in [-0.2, -0.15) is 5.10 Å². The zero-order chi connectivity index (χ0) is 13.9. The number of hydrogen-bond acceptors (Lipinski definition) is 3. The minimum atomic E-state index is -0.0656. The van der Waals surface area contributed by atoms with Crippen LogP contribution >= 0.6 is 0 Å². The van der Waals surface area contributed by atoms with Crippen molar-refractivity contribution in [3.8, 4) is 0 Å². The van der Waals surface area contributed by atoms with E-state index in [1.807, 2.05) is 4.68 Å². The molecule has 0 saturated heterocycles. The van der Waals surface area contributed by atoms with E-state index in [2.05, 4.69) is 30.9 Å². The summed E-state index contributed by atoms with van der Waals surface area (Å²) >= 11 is 0. The highest BCUT2D eigenvalue weighted by atomic mass is 15.3. The van der Waals surface area contributed by atoms with Gasteiger partial charge in [-0.25, -0.2) is 4.98 Å². The van der Waals surface area contributed by atoms with E-state index in [1.165, 1.54) is 12.8 Å². The minimum absolute atomic E-state index is 0.0656. The molecule has 1 aliphatic rings. The second kappa shape index (κ2) is 6.04. The molecule has 1 heterocycles. The maximum absolute atomic E-state index is 6.60. The molecule has 0 amide bonds. The SMILES string of the molecule is CCCn1ncnc1CC1(N)CCC(C(C)C)CC1. The molecule has 0 atom stereocenters. The first-order chi connectivity index (χ1) is 9.04. The maximum Gasteiger partial charge on any atom is 0.138 e. The predicted molar refractivity (Wildman–Crippen MR) is 77.7 cm³/mol. The van der Waals surface area contributed by atoms with E-state index in [1.54, 1.807) is 6.33 Å². The van der Waals surface area contributed by atoms with Gasteiger partial charge in [-0.3, -0.25) is 4.68 Å². The van der Waals surface area contributed by atoms with Crippen molar-refractivity contribution in [2.24, 2.45) is 17.6 Å². The van der Waals surface area contributed by atoms with E-state index in [0.717, 1.165) is 49.9 Å². The summed E-state index contributed by atoms with van der Waals surface area (Å²) in [6, 6.07) is 0. The number of hydrogen-bond donors (Lipinski definition) is 1. The molecule has 0 unspecified atom stereocenters. The van der Waals surface area contributed by atoms with Crippen LogP contribution in [0.1, 0.15) is 58.7 Å². The normalized spacial score (nSPS) is 27.9. The van der Waals surface area contributed by atoms with E-state index >= 15 is 0 Å². The summed E-state index contributed by atoms with van der Waals surface area (Å²) in [5, 5.41) is 4.30. The zero-order valence-electron chi connectivity index (χ0n) is 12.6. The molecule has 1 aromatic heterocycles. The van der Waals surface area contributed by atoms with Crippen LogP contribution in [0.2, 0.25) is 0 Å². The van der Waals surface area contributed by atoms with Crippen molar-refractivity contribution in [1.29, 1.82) is 0 Å². The van der Waals surface area contributed by atoms with Gasteiger partial charge in [-0.05, 0) is 43.9 Å². The minimum Gasteiger partial charge on any atom is -0.325 e. The van der Waals surface area contributed by atoms with Crippen molar-refractivity contribution in [2.45, 2.75) is 71.4 Å². The summed E-state index contributed by atoms with van der Waals surface area (Å²) in [6.07, 6.45) is 8.38. The molecular weight excluding hydrogens is 236 g/mol. The van der Waals surface area contributed by atoms with Crippen molar-refractivity contribution in [3.05, 3.63) is 12.2 Å². The lowest BCUT2D eigenvalue weighted by molar-refractivity contribution is 0.191. The Morgan fingerprint density at radius 1 is 1.42 bits per heavy atom. The molecule has 2 rings (SSSR count). The summed E-state index contributed by atoms with van der Waals surface area (Å²) in [5.41, 5.74) is 6.53. The Morgan fingerprint density at radius 2 is 2.11 bits per heavy atom. The van der Waals surface area contributed by atoms with Crippen LogP contribution in [0, 0.1) is 11.8 Å². The average molecular weight is 264 g/mol. The van der Waals surface area contributed by atoms with Crippen molar-refractivity contribution < 1.29 is 0 Å². The number of aromatic nitrogens is 3. The van der Waals surface area contributed by atoms with Gasteiger partial charge in [-0.1, -0.05) is 20.8 Å². The molecule has 0 spiro atoms. The fraction of sp³-hybridized carbons (Fsp3) is 0.867. The third-order valence-corrected chi connectivity index (χ3v) is 4.61. The quantitative estimate of drug-likeness (QED) is 0.889. The topological polar surface area (TPSA) is 56.7 Å². The Morgan fingerprint density at radius 3 is 2.68 bits per heavy atom. The first-order valence-electron chi connectivity index (χ1n) is 7.69. The number of nitrogens with zero attached hydrogens (tertiary/aromatic N) is 3. The second-order valence-corrected chi connectivity index (χ2v) is 6.52. The largest absolute Gasteiger partial charge is 0.325 e. The maximum atomic E-state index is 6.60. The highest BCUT2D eigenvalue weighted by Gasteiger charge is 2.33. The van der Waals surface area contributed by atoms with Gasteiger partial charge in [0.1, 0.15) is 12.2 Å². The van der Waals surface area contributed by atoms with Crippen molar-refractivity contribution in [3.63, 3.8) is 0 Å². The standard InChI is InChI=1S/C15H28N4/c1-4-9-19-14(17-11-18-19)10-15(16)7-5-13(6-8-15)12(2)3/h11-13H,4-10,16H2,1-3H3. The molecule has 19 heavy (non-hydrogen) atoms. The molecule has 4 nitrogen and oxygen atoms in total. The average Bonchev–Trinajstić information content (AvgIpc) is 2.77. The monoisotopic (exact) mass is 264 g/mol. The predicted octanol–water partition coefficient (Wildman–Crippen LogP) is 2.77. The fourth-order valence-corrected chi connectivity index (χ4v) is 3.20. The van der Waals surface area contributed by atoms with Gasteiger partial charge in [0.05, 0.1) is 0 Å². The molecule has 2 N–H and O–H groups in total. The van der Waals surface area contributed by atoms with Gasteiger partial charge >= 0.3 is 0 Å². The van der Waals surface area contributed by atoms with Crippen molar-refractivity contribution in [2.75, 3.05) is 0 Å². The van der Waals surface area contributed by atoms with Gasteiger partial charge in [0.2, 0.25) is 0 Å². The first-order valence-corrected chi connectivity index (χ1v) is 7.69. The zero-order valence-corrected chi connectivity index (χ0v) is 12.6. The van der Waals surface area contributed by atoms with Gasteiger partial charge in [0.25, 0.3) is 0 Å². The summed E-state index contributed by atoms with van der Waals surface area (Å²) < 4.78 is 2.02. The fourth-order valence-electron chi connectivity index (χ4n) is 3.20. The molecule has 0 aromatic carbocycles. The van der Waals surface area contributed by atoms with E-state index in [-0.39, 0.29) is 5.54 Å². The molecule has 1 aliphatic carbocycles. The molecule has 1 saturated carbocycles. The highest BCUT2D eigenvalue weighted by Crippen LogP contribution is 2.35. The van der Waals surface area contributed by atoms with E-state index in [0.29, 0.717) is 0 Å². The second-order valence-electron chi connectivity index (χ2n) is 6.52. The lowest BCUT2D eigenvalue weighted by atomic mass is 9.72. The van der Waals surface area contributed by atoms with Gasteiger partial charge in [-0.15, -0.1) is 0 Å². The summed E-state index contributed by atoms with van der Waals surface area (Å²) in [4.78, 5) is 4.40. The van der Waals surface area contributed by atoms with E-state index in [9.17, 15) is 0 Å². The van der Waals surface area contributed by atoms with E-state index < -0.39 is 0 Å². The summed E-state index contributed by atoms with van der Waals surface area (Å²) in [6.45, 7) is 7.76. The molecule has 0 aliphatic heterocycles. The van der Waals surface area contributed by atoms with Crippen LogP contribution in [0.25, 0.3) is 0 Å². The number of nitrogens with two attached hydrogens (primary N) is 1. The van der Waals surface area contributed by atoms with Crippen LogP contribution in [-0.2, 0) is 13.0 Å². The summed E-state index contributed by atoms with van der Waals surface area (Å²) in [7, 11) is 0. The Kier molecular flexibility index (Phi) is 4.61. The van der Waals surface area contributed by atoms with Crippen LogP contribution < -0.4 is 5.73 Å². The Bertz CT molecular complexity index is 389. The highest BCUT2D eigenvalue weighted by molar-refractivity contribution is 5.00.